The number of piperidine rings is 1. The van der Waals surface area contributed by atoms with Gasteiger partial charge in [0.2, 0.25) is 0 Å². The van der Waals surface area contributed by atoms with Gasteiger partial charge in [-0.25, -0.2) is 0 Å². The molecule has 0 aliphatic carbocycles. The van der Waals surface area contributed by atoms with Crippen LogP contribution in [0.2, 0.25) is 0 Å². The zero-order valence-corrected chi connectivity index (χ0v) is 15.5. The number of benzene rings is 1. The number of likely N-dealkylation sites (tertiary alicyclic amines) is 1. The highest BCUT2D eigenvalue weighted by Gasteiger charge is 2.31. The summed E-state index contributed by atoms with van der Waals surface area (Å²) in [5.41, 5.74) is 0.504. The Bertz CT molecular complexity index is 848. The van der Waals surface area contributed by atoms with Gasteiger partial charge in [0.1, 0.15) is 5.75 Å². The predicted molar refractivity (Wildman–Crippen MR) is 100 cm³/mol. The summed E-state index contributed by atoms with van der Waals surface area (Å²) in [5, 5.41) is 11.9. The molecule has 1 aromatic carbocycles. The molecule has 2 aromatic rings. The smallest absolute Gasteiger partial charge is 0.308 e. The Morgan fingerprint density at radius 2 is 2.07 bits per heavy atom. The maximum absolute atomic E-state index is 12.4. The van der Waals surface area contributed by atoms with Crippen molar-refractivity contribution in [2.24, 2.45) is 11.8 Å². The standard InChI is InChI=1S/C20H22N2O6/c1-13-8-14(20(25)26)11-22(10-13)18(23)12-28-16-5-2-4-15(9-16)21-19(24)17-6-3-7-27-17/h2-7,9,13-14H,8,10-12H2,1H3,(H,21,24)(H,25,26). The monoisotopic (exact) mass is 386 g/mol. The van der Waals surface area contributed by atoms with Crippen LogP contribution < -0.4 is 10.1 Å². The Balaban J connectivity index is 1.56. The largest absolute Gasteiger partial charge is 0.484 e. The number of hydrogen-bond acceptors (Lipinski definition) is 5. The van der Waals surface area contributed by atoms with Crippen LogP contribution in [0, 0.1) is 11.8 Å². The highest BCUT2D eigenvalue weighted by molar-refractivity contribution is 6.02. The maximum Gasteiger partial charge on any atom is 0.308 e. The van der Waals surface area contributed by atoms with Gasteiger partial charge >= 0.3 is 5.97 Å². The molecule has 1 fully saturated rings. The summed E-state index contributed by atoms with van der Waals surface area (Å²) in [7, 11) is 0. The van der Waals surface area contributed by atoms with Gasteiger partial charge in [-0.05, 0) is 36.6 Å². The Labute approximate surface area is 162 Å². The molecule has 28 heavy (non-hydrogen) atoms. The van der Waals surface area contributed by atoms with Crippen molar-refractivity contribution in [3.05, 3.63) is 48.4 Å². The number of carbonyl (C=O) groups excluding carboxylic acids is 2. The lowest BCUT2D eigenvalue weighted by Gasteiger charge is -2.34. The quantitative estimate of drug-likeness (QED) is 0.789. The van der Waals surface area contributed by atoms with Crippen LogP contribution in [-0.2, 0) is 9.59 Å². The van der Waals surface area contributed by atoms with Crippen LogP contribution in [0.15, 0.2) is 47.1 Å². The average molecular weight is 386 g/mol. The fourth-order valence-electron chi connectivity index (χ4n) is 3.23. The first-order valence-corrected chi connectivity index (χ1v) is 9.00. The summed E-state index contributed by atoms with van der Waals surface area (Å²) in [4.78, 5) is 37.2. The molecule has 8 nitrogen and oxygen atoms in total. The van der Waals surface area contributed by atoms with Crippen LogP contribution in [0.5, 0.6) is 5.75 Å². The van der Waals surface area contributed by atoms with Crippen LogP contribution in [0.3, 0.4) is 0 Å². The summed E-state index contributed by atoms with van der Waals surface area (Å²) in [6, 6.07) is 9.84. The van der Waals surface area contributed by atoms with E-state index >= 15 is 0 Å². The molecule has 3 rings (SSSR count). The molecule has 2 heterocycles. The number of carboxylic acids is 1. The molecule has 2 N–H and O–H groups in total. The van der Waals surface area contributed by atoms with Gasteiger partial charge in [-0.1, -0.05) is 13.0 Å². The molecule has 0 bridgehead atoms. The van der Waals surface area contributed by atoms with E-state index in [9.17, 15) is 19.5 Å². The Morgan fingerprint density at radius 3 is 2.79 bits per heavy atom. The molecule has 0 saturated carbocycles. The molecule has 1 saturated heterocycles. The van der Waals surface area contributed by atoms with Gasteiger partial charge < -0.3 is 24.5 Å². The molecular weight excluding hydrogens is 364 g/mol. The van der Waals surface area contributed by atoms with Crippen molar-refractivity contribution in [3.63, 3.8) is 0 Å². The number of furan rings is 1. The van der Waals surface area contributed by atoms with E-state index in [4.69, 9.17) is 9.15 Å². The summed E-state index contributed by atoms with van der Waals surface area (Å²) in [5.74, 6) is -1.35. The highest BCUT2D eigenvalue weighted by atomic mass is 16.5. The number of anilines is 1. The lowest BCUT2D eigenvalue weighted by Crippen LogP contribution is -2.47. The second-order valence-corrected chi connectivity index (χ2v) is 6.92. The molecule has 1 aliphatic heterocycles. The van der Waals surface area contributed by atoms with E-state index in [2.05, 4.69) is 5.32 Å². The fourth-order valence-corrected chi connectivity index (χ4v) is 3.23. The molecule has 2 atom stereocenters. The molecule has 0 radical (unpaired) electrons. The number of carbonyl (C=O) groups is 3. The zero-order chi connectivity index (χ0) is 20.1. The molecule has 2 unspecified atom stereocenters. The fraction of sp³-hybridized carbons (Fsp3) is 0.350. The number of rotatable bonds is 6. The van der Waals surface area contributed by atoms with Gasteiger partial charge in [0.15, 0.2) is 12.4 Å². The lowest BCUT2D eigenvalue weighted by molar-refractivity contribution is -0.147. The van der Waals surface area contributed by atoms with E-state index in [0.717, 1.165) is 0 Å². The predicted octanol–water partition coefficient (Wildman–Crippen LogP) is 2.48. The third-order valence-corrected chi connectivity index (χ3v) is 4.56. The summed E-state index contributed by atoms with van der Waals surface area (Å²) in [6.45, 7) is 2.45. The Kier molecular flexibility index (Phi) is 5.98. The second kappa shape index (κ2) is 8.60. The van der Waals surface area contributed by atoms with Crippen molar-refractivity contribution >= 4 is 23.5 Å². The van der Waals surface area contributed by atoms with Gasteiger partial charge in [0, 0.05) is 24.8 Å². The maximum atomic E-state index is 12.4. The first-order chi connectivity index (χ1) is 13.4. The van der Waals surface area contributed by atoms with Crippen LogP contribution >= 0.6 is 0 Å². The van der Waals surface area contributed by atoms with Gasteiger partial charge in [0.05, 0.1) is 12.2 Å². The lowest BCUT2D eigenvalue weighted by atomic mass is 9.90. The first-order valence-electron chi connectivity index (χ1n) is 9.00. The third-order valence-electron chi connectivity index (χ3n) is 4.56. The minimum absolute atomic E-state index is 0.124. The molecule has 8 heteroatoms. The van der Waals surface area contributed by atoms with Gasteiger partial charge in [-0.3, -0.25) is 14.4 Å². The number of ether oxygens (including phenoxy) is 1. The summed E-state index contributed by atoms with van der Waals surface area (Å²) < 4.78 is 10.6. The molecule has 1 aromatic heterocycles. The van der Waals surface area contributed by atoms with E-state index in [1.165, 1.54) is 11.2 Å². The number of nitrogens with one attached hydrogen (secondary N) is 1. The Hall–Kier alpha value is -3.29. The van der Waals surface area contributed by atoms with E-state index in [-0.39, 0.29) is 36.6 Å². The number of aliphatic carboxylic acids is 1. The minimum Gasteiger partial charge on any atom is -0.484 e. The number of amides is 2. The third kappa shape index (κ3) is 4.91. The first kappa shape index (κ1) is 19.5. The molecule has 1 aliphatic rings. The minimum atomic E-state index is -0.884. The van der Waals surface area contributed by atoms with Crippen LogP contribution in [-0.4, -0.2) is 47.5 Å². The second-order valence-electron chi connectivity index (χ2n) is 6.92. The summed E-state index contributed by atoms with van der Waals surface area (Å²) in [6.07, 6.45) is 1.98. The molecule has 148 valence electrons. The van der Waals surface area contributed by atoms with Crippen molar-refractivity contribution in [1.29, 1.82) is 0 Å². The van der Waals surface area contributed by atoms with Crippen LogP contribution in [0.4, 0.5) is 5.69 Å². The van der Waals surface area contributed by atoms with Crippen LogP contribution in [0.1, 0.15) is 23.9 Å². The molecule has 0 spiro atoms. The van der Waals surface area contributed by atoms with Crippen molar-refractivity contribution in [1.82, 2.24) is 4.90 Å². The van der Waals surface area contributed by atoms with Gasteiger partial charge in [0.25, 0.3) is 11.8 Å². The number of hydrogen-bond donors (Lipinski definition) is 2. The topological polar surface area (TPSA) is 109 Å². The van der Waals surface area contributed by atoms with Crippen molar-refractivity contribution < 1.29 is 28.6 Å². The zero-order valence-electron chi connectivity index (χ0n) is 15.5. The SMILES string of the molecule is CC1CC(C(=O)O)CN(C(=O)COc2cccc(NC(=O)c3ccco3)c2)C1. The number of nitrogens with zero attached hydrogens (tertiary/aromatic N) is 1. The Morgan fingerprint density at radius 1 is 1.25 bits per heavy atom. The van der Waals surface area contributed by atoms with Crippen molar-refractivity contribution in [2.45, 2.75) is 13.3 Å². The van der Waals surface area contributed by atoms with E-state index in [1.54, 1.807) is 36.4 Å². The highest BCUT2D eigenvalue weighted by Crippen LogP contribution is 2.23. The van der Waals surface area contributed by atoms with Crippen LogP contribution in [0.25, 0.3) is 0 Å². The molecule has 2 amide bonds. The number of carboxylic acid groups (broad SMARTS) is 1. The van der Waals surface area contributed by atoms with Crippen molar-refractivity contribution in [2.75, 3.05) is 25.0 Å². The van der Waals surface area contributed by atoms with E-state index < -0.39 is 11.9 Å². The van der Waals surface area contributed by atoms with E-state index in [0.29, 0.717) is 24.4 Å². The average Bonchev–Trinajstić information content (AvgIpc) is 3.21. The molecular formula is C20H22N2O6. The normalized spacial score (nSPS) is 19.1. The van der Waals surface area contributed by atoms with Gasteiger partial charge in [-0.2, -0.15) is 0 Å². The summed E-state index contributed by atoms with van der Waals surface area (Å²) >= 11 is 0. The van der Waals surface area contributed by atoms with E-state index in [1.807, 2.05) is 6.92 Å². The van der Waals surface area contributed by atoms with Crippen molar-refractivity contribution in [3.8, 4) is 5.75 Å². The van der Waals surface area contributed by atoms with Gasteiger partial charge in [-0.15, -0.1) is 0 Å².